The van der Waals surface area contributed by atoms with E-state index in [1.54, 1.807) is 11.8 Å². The third kappa shape index (κ3) is 4.09. The Hall–Kier alpha value is -1.19. The van der Waals surface area contributed by atoms with E-state index in [2.05, 4.69) is 21.2 Å². The summed E-state index contributed by atoms with van der Waals surface area (Å²) in [6.07, 6.45) is 7.45. The second-order valence-corrected chi connectivity index (χ2v) is 10.8. The van der Waals surface area contributed by atoms with Gasteiger partial charge in [0.1, 0.15) is 11.6 Å². The Morgan fingerprint density at radius 2 is 2.00 bits per heavy atom. The van der Waals surface area contributed by atoms with Gasteiger partial charge in [0.2, 0.25) is 11.8 Å². The van der Waals surface area contributed by atoms with Crippen LogP contribution in [0.4, 0.5) is 0 Å². The number of alkyl halides is 1. The number of aliphatic hydroxyl groups is 1. The molecule has 4 aliphatic rings. The zero-order valence-corrected chi connectivity index (χ0v) is 20.3. The second-order valence-electron chi connectivity index (χ2n) is 9.57. The molecule has 1 unspecified atom stereocenters. The summed E-state index contributed by atoms with van der Waals surface area (Å²) in [5, 5.41) is 12.3. The number of aliphatic hydroxyl groups excluding tert-OH is 1. The molecule has 1 aliphatic carbocycles. The van der Waals surface area contributed by atoms with Gasteiger partial charge in [0.05, 0.1) is 24.5 Å². The number of esters is 1. The first-order valence-electron chi connectivity index (χ1n) is 12.1. The van der Waals surface area contributed by atoms with Gasteiger partial charge in [0, 0.05) is 24.0 Å². The SMILES string of the molecule is CCOC(=O)[C@H]1[C@@H]2O[C@@]3(CC2Br)[C@@H]1C(=O)N(CCCCCO)[C@@H]3C(=O)NC1CCCCC1. The number of nitrogens with zero attached hydrogens (tertiary/aromatic N) is 1. The van der Waals surface area contributed by atoms with Crippen molar-refractivity contribution in [3.8, 4) is 0 Å². The Bertz CT molecular complexity index is 729. The Morgan fingerprint density at radius 3 is 2.69 bits per heavy atom. The molecule has 2 amide bonds. The summed E-state index contributed by atoms with van der Waals surface area (Å²) in [5.41, 5.74) is -1.01. The lowest BCUT2D eigenvalue weighted by atomic mass is 9.70. The number of hydrogen-bond donors (Lipinski definition) is 2. The van der Waals surface area contributed by atoms with E-state index in [0.717, 1.165) is 32.1 Å². The average molecular weight is 515 g/mol. The van der Waals surface area contributed by atoms with Crippen LogP contribution in [0.5, 0.6) is 0 Å². The van der Waals surface area contributed by atoms with Crippen LogP contribution in [0, 0.1) is 11.8 Å². The lowest BCUT2D eigenvalue weighted by Gasteiger charge is -2.35. The maximum atomic E-state index is 13.7. The van der Waals surface area contributed by atoms with Crippen LogP contribution >= 0.6 is 15.9 Å². The van der Waals surface area contributed by atoms with Crippen molar-refractivity contribution in [1.29, 1.82) is 0 Å². The highest BCUT2D eigenvalue weighted by atomic mass is 79.9. The molecule has 2 N–H and O–H groups in total. The zero-order valence-electron chi connectivity index (χ0n) is 18.8. The predicted octanol–water partition coefficient (Wildman–Crippen LogP) is 1.91. The number of carbonyl (C=O) groups is 3. The number of unbranched alkanes of at least 4 members (excludes halogenated alkanes) is 2. The zero-order chi connectivity index (χ0) is 22.9. The minimum Gasteiger partial charge on any atom is -0.466 e. The summed E-state index contributed by atoms with van der Waals surface area (Å²) in [7, 11) is 0. The second kappa shape index (κ2) is 9.97. The van der Waals surface area contributed by atoms with Crippen LogP contribution in [0.3, 0.4) is 0 Å². The molecule has 6 atom stereocenters. The summed E-state index contributed by atoms with van der Waals surface area (Å²) in [5.74, 6) is -2.17. The molecule has 0 aromatic rings. The number of carbonyl (C=O) groups excluding carboxylic acids is 3. The predicted molar refractivity (Wildman–Crippen MR) is 120 cm³/mol. The smallest absolute Gasteiger partial charge is 0.312 e. The Balaban J connectivity index is 1.62. The van der Waals surface area contributed by atoms with Crippen molar-refractivity contribution in [3.05, 3.63) is 0 Å². The molecular weight excluding hydrogens is 480 g/mol. The molecule has 4 fully saturated rings. The minimum absolute atomic E-state index is 0.104. The lowest BCUT2D eigenvalue weighted by molar-refractivity contribution is -0.154. The first-order valence-corrected chi connectivity index (χ1v) is 13.1. The number of hydrogen-bond acceptors (Lipinski definition) is 6. The first-order chi connectivity index (χ1) is 15.4. The average Bonchev–Trinajstić information content (AvgIpc) is 3.35. The molecule has 3 saturated heterocycles. The van der Waals surface area contributed by atoms with Crippen LogP contribution < -0.4 is 5.32 Å². The van der Waals surface area contributed by atoms with Gasteiger partial charge in [-0.3, -0.25) is 14.4 Å². The van der Waals surface area contributed by atoms with Crippen molar-refractivity contribution < 1.29 is 29.0 Å². The molecule has 0 aromatic carbocycles. The largest absolute Gasteiger partial charge is 0.466 e. The molecule has 32 heavy (non-hydrogen) atoms. The number of rotatable bonds is 9. The normalized spacial score (nSPS) is 36.4. The third-order valence-electron chi connectivity index (χ3n) is 7.60. The highest BCUT2D eigenvalue weighted by Crippen LogP contribution is 2.60. The third-order valence-corrected chi connectivity index (χ3v) is 8.45. The summed E-state index contributed by atoms with van der Waals surface area (Å²) in [6, 6.07) is -0.627. The maximum absolute atomic E-state index is 13.7. The van der Waals surface area contributed by atoms with Gasteiger partial charge in [0.15, 0.2) is 0 Å². The van der Waals surface area contributed by atoms with Crippen LogP contribution in [0.2, 0.25) is 0 Å². The number of likely N-dealkylation sites (tertiary alicyclic amines) is 1. The van der Waals surface area contributed by atoms with Crippen LogP contribution in [-0.4, -0.2) is 76.2 Å². The van der Waals surface area contributed by atoms with Crippen molar-refractivity contribution in [2.45, 2.75) is 93.3 Å². The molecular formula is C23H35BrN2O6. The van der Waals surface area contributed by atoms with Crippen LogP contribution in [-0.2, 0) is 23.9 Å². The summed E-state index contributed by atoms with van der Waals surface area (Å²) in [6.45, 7) is 2.50. The molecule has 9 heteroatoms. The summed E-state index contributed by atoms with van der Waals surface area (Å²) in [4.78, 5) is 41.7. The Labute approximate surface area is 197 Å². The van der Waals surface area contributed by atoms with Crippen molar-refractivity contribution in [1.82, 2.24) is 10.2 Å². The van der Waals surface area contributed by atoms with Gasteiger partial charge in [0.25, 0.3) is 0 Å². The molecule has 0 aromatic heterocycles. The molecule has 4 rings (SSSR count). The highest BCUT2D eigenvalue weighted by Gasteiger charge is 2.76. The van der Waals surface area contributed by atoms with Gasteiger partial charge in [-0.25, -0.2) is 0 Å². The van der Waals surface area contributed by atoms with E-state index in [9.17, 15) is 14.4 Å². The molecule has 8 nitrogen and oxygen atoms in total. The Kier molecular flexibility index (Phi) is 7.46. The monoisotopic (exact) mass is 514 g/mol. The van der Waals surface area contributed by atoms with E-state index in [0.29, 0.717) is 25.8 Å². The van der Waals surface area contributed by atoms with E-state index in [4.69, 9.17) is 14.6 Å². The van der Waals surface area contributed by atoms with E-state index in [-0.39, 0.29) is 35.9 Å². The van der Waals surface area contributed by atoms with Crippen LogP contribution in [0.25, 0.3) is 0 Å². The van der Waals surface area contributed by atoms with E-state index in [1.807, 2.05) is 0 Å². The van der Waals surface area contributed by atoms with Gasteiger partial charge in [-0.15, -0.1) is 0 Å². The van der Waals surface area contributed by atoms with Gasteiger partial charge in [-0.2, -0.15) is 0 Å². The highest BCUT2D eigenvalue weighted by molar-refractivity contribution is 9.09. The molecule has 0 radical (unpaired) electrons. The lowest BCUT2D eigenvalue weighted by Crippen LogP contribution is -2.57. The molecule has 180 valence electrons. The molecule has 3 heterocycles. The Morgan fingerprint density at radius 1 is 1.25 bits per heavy atom. The summed E-state index contributed by atoms with van der Waals surface area (Å²) < 4.78 is 11.7. The van der Waals surface area contributed by atoms with Crippen molar-refractivity contribution in [2.75, 3.05) is 19.8 Å². The van der Waals surface area contributed by atoms with Crippen molar-refractivity contribution in [2.24, 2.45) is 11.8 Å². The fraction of sp³-hybridized carbons (Fsp3) is 0.870. The van der Waals surface area contributed by atoms with Crippen molar-refractivity contribution in [3.63, 3.8) is 0 Å². The van der Waals surface area contributed by atoms with Gasteiger partial charge in [-0.05, 0) is 45.4 Å². The summed E-state index contributed by atoms with van der Waals surface area (Å²) >= 11 is 3.65. The molecule has 1 saturated carbocycles. The molecule has 3 aliphatic heterocycles. The standard InChI is InChI=1S/C23H35BrN2O6/c1-2-31-22(30)16-17-21(29)26(11-7-4-8-12-27)19(23(17)13-15(24)18(16)32-23)20(28)25-14-9-5-3-6-10-14/h14-19,27H,2-13H2,1H3,(H,25,28)/t15?,16-,17+,18-,19-,23+/m1/s1. The first kappa shape index (κ1) is 24.0. The topological polar surface area (TPSA) is 105 Å². The number of halogens is 1. The maximum Gasteiger partial charge on any atom is 0.312 e. The van der Waals surface area contributed by atoms with E-state index >= 15 is 0 Å². The number of ether oxygens (including phenoxy) is 2. The number of fused-ring (bicyclic) bond motifs is 1. The van der Waals surface area contributed by atoms with Gasteiger partial charge in [-0.1, -0.05) is 35.2 Å². The van der Waals surface area contributed by atoms with Crippen LogP contribution in [0.15, 0.2) is 0 Å². The van der Waals surface area contributed by atoms with Crippen LogP contribution in [0.1, 0.15) is 64.7 Å². The van der Waals surface area contributed by atoms with E-state index < -0.39 is 35.6 Å². The molecule has 2 bridgehead atoms. The quantitative estimate of drug-likeness (QED) is 0.276. The fourth-order valence-corrected chi connectivity index (χ4v) is 7.22. The fourth-order valence-electron chi connectivity index (χ4n) is 6.28. The van der Waals surface area contributed by atoms with E-state index in [1.165, 1.54) is 6.42 Å². The number of nitrogens with one attached hydrogen (secondary N) is 1. The minimum atomic E-state index is -1.01. The van der Waals surface area contributed by atoms with Gasteiger partial charge < -0.3 is 24.8 Å². The van der Waals surface area contributed by atoms with Gasteiger partial charge >= 0.3 is 5.97 Å². The van der Waals surface area contributed by atoms with Crippen molar-refractivity contribution >= 4 is 33.7 Å². The number of amides is 2. The molecule has 1 spiro atoms.